The predicted octanol–water partition coefficient (Wildman–Crippen LogP) is 6.49. The zero-order valence-electron chi connectivity index (χ0n) is 15.5. The van der Waals surface area contributed by atoms with Gasteiger partial charge in [-0.1, -0.05) is 97.3 Å². The van der Waals surface area contributed by atoms with Gasteiger partial charge in [0.25, 0.3) is 0 Å². The molecular formula is C27H22. The highest BCUT2D eigenvalue weighted by molar-refractivity contribution is 5.63. The van der Waals surface area contributed by atoms with Gasteiger partial charge in [0.15, 0.2) is 0 Å². The molecule has 0 bridgehead atoms. The minimum absolute atomic E-state index is 0.230. The van der Waals surface area contributed by atoms with E-state index in [4.69, 9.17) is 0 Å². The lowest BCUT2D eigenvalue weighted by Gasteiger charge is -2.23. The normalized spacial score (nSPS) is 18.9. The molecule has 0 unspecified atom stereocenters. The molecule has 0 amide bonds. The SMILES string of the molecule is C=C1C(C#Cc2ccccc2)=C(C)[C@H](c2ccccc2)[C@H]1c1ccccc1. The number of rotatable bonds is 2. The molecule has 0 saturated carbocycles. The lowest BCUT2D eigenvalue weighted by Crippen LogP contribution is -2.08. The fraction of sp³-hybridized carbons (Fsp3) is 0.111. The van der Waals surface area contributed by atoms with Crippen LogP contribution in [0.4, 0.5) is 0 Å². The molecule has 3 aromatic rings. The number of benzene rings is 3. The van der Waals surface area contributed by atoms with Crippen molar-refractivity contribution in [3.05, 3.63) is 131 Å². The summed E-state index contributed by atoms with van der Waals surface area (Å²) in [5.74, 6) is 7.26. The summed E-state index contributed by atoms with van der Waals surface area (Å²) >= 11 is 0. The molecule has 2 atom stereocenters. The van der Waals surface area contributed by atoms with Gasteiger partial charge in [-0.2, -0.15) is 0 Å². The Hall–Kier alpha value is -3.30. The Labute approximate surface area is 161 Å². The van der Waals surface area contributed by atoms with Gasteiger partial charge in [0.2, 0.25) is 0 Å². The predicted molar refractivity (Wildman–Crippen MR) is 114 cm³/mol. The highest BCUT2D eigenvalue weighted by Gasteiger charge is 2.36. The van der Waals surface area contributed by atoms with E-state index in [1.165, 1.54) is 16.7 Å². The van der Waals surface area contributed by atoms with E-state index in [2.05, 4.69) is 86.0 Å². The molecule has 27 heavy (non-hydrogen) atoms. The lowest BCUT2D eigenvalue weighted by atomic mass is 9.80. The van der Waals surface area contributed by atoms with Gasteiger partial charge in [-0.25, -0.2) is 0 Å². The van der Waals surface area contributed by atoms with Gasteiger partial charge in [-0.05, 0) is 41.3 Å². The van der Waals surface area contributed by atoms with E-state index < -0.39 is 0 Å². The number of hydrogen-bond donors (Lipinski definition) is 0. The second-order valence-corrected chi connectivity index (χ2v) is 6.98. The molecule has 0 fully saturated rings. The van der Waals surface area contributed by atoms with Crippen molar-refractivity contribution in [1.82, 2.24) is 0 Å². The van der Waals surface area contributed by atoms with E-state index in [-0.39, 0.29) is 11.8 Å². The fourth-order valence-electron chi connectivity index (χ4n) is 4.01. The van der Waals surface area contributed by atoms with Gasteiger partial charge in [0.1, 0.15) is 0 Å². The molecule has 0 aromatic heterocycles. The van der Waals surface area contributed by atoms with Crippen molar-refractivity contribution in [3.63, 3.8) is 0 Å². The lowest BCUT2D eigenvalue weighted by molar-refractivity contribution is 0.717. The molecule has 0 N–H and O–H groups in total. The van der Waals surface area contributed by atoms with Crippen molar-refractivity contribution in [1.29, 1.82) is 0 Å². The average Bonchev–Trinajstić information content (AvgIpc) is 2.98. The molecular weight excluding hydrogens is 324 g/mol. The van der Waals surface area contributed by atoms with Crippen LogP contribution in [0.5, 0.6) is 0 Å². The molecule has 130 valence electrons. The monoisotopic (exact) mass is 346 g/mol. The molecule has 0 nitrogen and oxygen atoms in total. The van der Waals surface area contributed by atoms with Crippen LogP contribution >= 0.6 is 0 Å². The summed E-state index contributed by atoms with van der Waals surface area (Å²) in [5, 5.41) is 0. The van der Waals surface area contributed by atoms with Crippen LogP contribution in [0, 0.1) is 11.8 Å². The van der Waals surface area contributed by atoms with Crippen LogP contribution in [0.15, 0.2) is 114 Å². The van der Waals surface area contributed by atoms with Crippen LogP contribution in [0.2, 0.25) is 0 Å². The third-order valence-corrected chi connectivity index (χ3v) is 5.31. The van der Waals surface area contributed by atoms with Crippen molar-refractivity contribution in [2.75, 3.05) is 0 Å². The molecule has 0 heteroatoms. The second kappa shape index (κ2) is 7.52. The third-order valence-electron chi connectivity index (χ3n) is 5.31. The second-order valence-electron chi connectivity index (χ2n) is 6.98. The first-order valence-electron chi connectivity index (χ1n) is 9.32. The zero-order valence-corrected chi connectivity index (χ0v) is 15.5. The van der Waals surface area contributed by atoms with Crippen molar-refractivity contribution < 1.29 is 0 Å². The van der Waals surface area contributed by atoms with Gasteiger partial charge in [0.05, 0.1) is 0 Å². The highest BCUT2D eigenvalue weighted by Crippen LogP contribution is 2.51. The van der Waals surface area contributed by atoms with E-state index in [1.54, 1.807) is 0 Å². The first-order chi connectivity index (χ1) is 13.3. The molecule has 0 aliphatic heterocycles. The van der Waals surface area contributed by atoms with E-state index in [1.807, 2.05) is 30.3 Å². The van der Waals surface area contributed by atoms with Crippen LogP contribution in [-0.2, 0) is 0 Å². The maximum absolute atomic E-state index is 4.47. The summed E-state index contributed by atoms with van der Waals surface area (Å²) in [4.78, 5) is 0. The maximum Gasteiger partial charge on any atom is 0.0277 e. The van der Waals surface area contributed by atoms with Gasteiger partial charge < -0.3 is 0 Å². The Kier molecular flexibility index (Phi) is 4.77. The Morgan fingerprint density at radius 2 is 1.11 bits per heavy atom. The minimum atomic E-state index is 0.230. The van der Waals surface area contributed by atoms with Gasteiger partial charge in [0, 0.05) is 23.0 Å². The van der Waals surface area contributed by atoms with E-state index in [0.717, 1.165) is 16.7 Å². The zero-order chi connectivity index (χ0) is 18.6. The molecule has 0 heterocycles. The van der Waals surface area contributed by atoms with Crippen molar-refractivity contribution >= 4 is 0 Å². The minimum Gasteiger partial charge on any atom is -0.0939 e. The standard InChI is InChI=1S/C27H22/c1-20-25(19-18-22-12-6-3-7-13-22)21(2)27(24-16-10-5-11-17-24)26(20)23-14-8-4-9-15-23/h3-17,26-27H,1H2,2H3/t26-,27-/m1/s1. The molecule has 0 spiro atoms. The summed E-state index contributed by atoms with van der Waals surface area (Å²) < 4.78 is 0. The average molecular weight is 346 g/mol. The Morgan fingerprint density at radius 3 is 1.67 bits per heavy atom. The number of hydrogen-bond acceptors (Lipinski definition) is 0. The van der Waals surface area contributed by atoms with Crippen LogP contribution < -0.4 is 0 Å². The quantitative estimate of drug-likeness (QED) is 0.465. The van der Waals surface area contributed by atoms with Crippen LogP contribution in [0.25, 0.3) is 0 Å². The van der Waals surface area contributed by atoms with Crippen molar-refractivity contribution in [2.45, 2.75) is 18.8 Å². The molecule has 0 saturated heterocycles. The summed E-state index contributed by atoms with van der Waals surface area (Å²) in [5.41, 5.74) is 7.18. The Balaban J connectivity index is 1.81. The van der Waals surface area contributed by atoms with E-state index in [0.29, 0.717) is 0 Å². The van der Waals surface area contributed by atoms with Crippen LogP contribution in [-0.4, -0.2) is 0 Å². The van der Waals surface area contributed by atoms with Gasteiger partial charge >= 0.3 is 0 Å². The highest BCUT2D eigenvalue weighted by atomic mass is 14.4. The summed E-state index contributed by atoms with van der Waals surface area (Å²) in [6.07, 6.45) is 0. The fourth-order valence-corrected chi connectivity index (χ4v) is 4.01. The molecule has 3 aromatic carbocycles. The van der Waals surface area contributed by atoms with Gasteiger partial charge in [-0.15, -0.1) is 0 Å². The molecule has 1 aliphatic rings. The van der Waals surface area contributed by atoms with E-state index in [9.17, 15) is 0 Å². The number of allylic oxidation sites excluding steroid dienone is 3. The largest absolute Gasteiger partial charge is 0.0939 e. The summed E-state index contributed by atoms with van der Waals surface area (Å²) in [7, 11) is 0. The first kappa shape index (κ1) is 17.1. The van der Waals surface area contributed by atoms with Gasteiger partial charge in [-0.3, -0.25) is 0 Å². The van der Waals surface area contributed by atoms with Crippen molar-refractivity contribution in [2.24, 2.45) is 0 Å². The smallest absolute Gasteiger partial charge is 0.0277 e. The van der Waals surface area contributed by atoms with Crippen LogP contribution in [0.1, 0.15) is 35.4 Å². The molecule has 4 rings (SSSR count). The Morgan fingerprint density at radius 1 is 0.630 bits per heavy atom. The Bertz CT molecular complexity index is 1030. The third kappa shape index (κ3) is 3.37. The molecule has 0 radical (unpaired) electrons. The first-order valence-corrected chi connectivity index (χ1v) is 9.32. The summed E-state index contributed by atoms with van der Waals surface area (Å²) in [6, 6.07) is 31.5. The van der Waals surface area contributed by atoms with E-state index >= 15 is 0 Å². The van der Waals surface area contributed by atoms with Crippen molar-refractivity contribution in [3.8, 4) is 11.8 Å². The topological polar surface area (TPSA) is 0 Å². The maximum atomic E-state index is 4.47. The summed E-state index contributed by atoms with van der Waals surface area (Å²) in [6.45, 7) is 6.68. The molecule has 1 aliphatic carbocycles. The van der Waals surface area contributed by atoms with Crippen LogP contribution in [0.3, 0.4) is 0 Å².